The lowest BCUT2D eigenvalue weighted by Crippen LogP contribution is -2.12. The number of ether oxygens (including phenoxy) is 1. The molecule has 86 valence electrons. The number of nitrogens with zero attached hydrogens (tertiary/aromatic N) is 3. The molecule has 0 radical (unpaired) electrons. The van der Waals surface area contributed by atoms with Crippen LogP contribution in [0.3, 0.4) is 0 Å². The first-order valence-corrected chi connectivity index (χ1v) is 5.37. The summed E-state index contributed by atoms with van der Waals surface area (Å²) >= 11 is 0. The molecule has 2 heterocycles. The minimum absolute atomic E-state index is 0.226. The van der Waals surface area contributed by atoms with Crippen LogP contribution in [0.25, 0.3) is 11.2 Å². The first kappa shape index (κ1) is 10.9. The van der Waals surface area contributed by atoms with Crippen molar-refractivity contribution in [2.45, 2.75) is 26.5 Å². The summed E-state index contributed by atoms with van der Waals surface area (Å²) < 4.78 is 7.36. The van der Waals surface area contributed by atoms with Gasteiger partial charge in [-0.1, -0.05) is 0 Å². The average molecular weight is 220 g/mol. The number of nitrogen functional groups attached to an aromatic ring is 1. The molecule has 2 rings (SSSR count). The standard InChI is InChI=1S/C11H16N4O/c1-8(2)16-7-6-15-10-9(14-11(15)12)4-3-5-13-10/h3-5,8H,6-7H2,1-2H3,(H2,12,14). The van der Waals surface area contributed by atoms with E-state index in [4.69, 9.17) is 10.5 Å². The van der Waals surface area contributed by atoms with E-state index in [0.29, 0.717) is 19.1 Å². The number of aromatic nitrogens is 3. The van der Waals surface area contributed by atoms with Crippen molar-refractivity contribution in [3.05, 3.63) is 18.3 Å². The fourth-order valence-corrected chi connectivity index (χ4v) is 1.58. The predicted octanol–water partition coefficient (Wildman–Crippen LogP) is 1.44. The lowest BCUT2D eigenvalue weighted by molar-refractivity contribution is 0.0735. The first-order chi connectivity index (χ1) is 7.68. The maximum atomic E-state index is 5.83. The Hall–Kier alpha value is -1.62. The van der Waals surface area contributed by atoms with Crippen molar-refractivity contribution in [2.75, 3.05) is 12.3 Å². The quantitative estimate of drug-likeness (QED) is 0.846. The van der Waals surface area contributed by atoms with Gasteiger partial charge in [0.1, 0.15) is 5.52 Å². The molecule has 5 heteroatoms. The topological polar surface area (TPSA) is 66.0 Å². The first-order valence-electron chi connectivity index (χ1n) is 5.37. The zero-order valence-electron chi connectivity index (χ0n) is 9.55. The molecule has 0 saturated carbocycles. The molecule has 0 unspecified atom stereocenters. The third kappa shape index (κ3) is 2.14. The summed E-state index contributed by atoms with van der Waals surface area (Å²) in [6.45, 7) is 5.31. The minimum Gasteiger partial charge on any atom is -0.377 e. The Bertz CT molecular complexity index is 478. The lowest BCUT2D eigenvalue weighted by atomic mass is 10.4. The van der Waals surface area contributed by atoms with Gasteiger partial charge in [0, 0.05) is 6.20 Å². The number of anilines is 1. The van der Waals surface area contributed by atoms with Gasteiger partial charge in [0.05, 0.1) is 19.3 Å². The Morgan fingerprint density at radius 1 is 1.50 bits per heavy atom. The molecule has 0 spiro atoms. The maximum absolute atomic E-state index is 5.83. The minimum atomic E-state index is 0.226. The van der Waals surface area contributed by atoms with E-state index in [1.54, 1.807) is 6.20 Å². The number of hydrogen-bond donors (Lipinski definition) is 1. The normalized spacial score (nSPS) is 11.4. The molecule has 0 aromatic carbocycles. The van der Waals surface area contributed by atoms with E-state index in [2.05, 4.69) is 9.97 Å². The summed E-state index contributed by atoms with van der Waals surface area (Å²) in [5, 5.41) is 0. The average Bonchev–Trinajstić information content (AvgIpc) is 2.55. The monoisotopic (exact) mass is 220 g/mol. The molecule has 5 nitrogen and oxygen atoms in total. The van der Waals surface area contributed by atoms with Crippen LogP contribution in [0.1, 0.15) is 13.8 Å². The van der Waals surface area contributed by atoms with Crippen LogP contribution in [0.5, 0.6) is 0 Å². The number of fused-ring (bicyclic) bond motifs is 1. The summed E-state index contributed by atoms with van der Waals surface area (Å²) in [6, 6.07) is 3.75. The van der Waals surface area contributed by atoms with Crippen LogP contribution in [-0.2, 0) is 11.3 Å². The van der Waals surface area contributed by atoms with E-state index < -0.39 is 0 Å². The summed E-state index contributed by atoms with van der Waals surface area (Å²) in [5.74, 6) is 0.487. The van der Waals surface area contributed by atoms with Crippen LogP contribution >= 0.6 is 0 Å². The second-order valence-corrected chi connectivity index (χ2v) is 3.89. The highest BCUT2D eigenvalue weighted by Gasteiger charge is 2.08. The Kier molecular flexibility index (Phi) is 3.05. The van der Waals surface area contributed by atoms with Crippen molar-refractivity contribution in [3.63, 3.8) is 0 Å². The zero-order chi connectivity index (χ0) is 11.5. The van der Waals surface area contributed by atoms with E-state index in [0.717, 1.165) is 11.2 Å². The zero-order valence-corrected chi connectivity index (χ0v) is 9.55. The largest absolute Gasteiger partial charge is 0.377 e. The van der Waals surface area contributed by atoms with E-state index in [1.165, 1.54) is 0 Å². The summed E-state index contributed by atoms with van der Waals surface area (Å²) in [6.07, 6.45) is 1.97. The van der Waals surface area contributed by atoms with Crippen LogP contribution in [0.4, 0.5) is 5.95 Å². The van der Waals surface area contributed by atoms with Gasteiger partial charge in [-0.05, 0) is 26.0 Å². The highest BCUT2D eigenvalue weighted by Crippen LogP contribution is 2.14. The summed E-state index contributed by atoms with van der Waals surface area (Å²) in [7, 11) is 0. The number of rotatable bonds is 4. The second-order valence-electron chi connectivity index (χ2n) is 3.89. The van der Waals surface area contributed by atoms with Crippen molar-refractivity contribution >= 4 is 17.1 Å². The molecule has 0 fully saturated rings. The third-order valence-corrected chi connectivity index (χ3v) is 2.30. The summed E-state index contributed by atoms with van der Waals surface area (Å²) in [5.41, 5.74) is 7.46. The lowest BCUT2D eigenvalue weighted by Gasteiger charge is -2.09. The van der Waals surface area contributed by atoms with Crippen LogP contribution < -0.4 is 5.73 Å². The van der Waals surface area contributed by atoms with E-state index >= 15 is 0 Å². The van der Waals surface area contributed by atoms with Gasteiger partial charge in [-0.15, -0.1) is 0 Å². The number of nitrogens with two attached hydrogens (primary N) is 1. The van der Waals surface area contributed by atoms with Gasteiger partial charge in [0.2, 0.25) is 5.95 Å². The predicted molar refractivity (Wildman–Crippen MR) is 63.0 cm³/mol. The number of hydrogen-bond acceptors (Lipinski definition) is 4. The molecule has 0 bridgehead atoms. The Morgan fingerprint density at radius 3 is 3.06 bits per heavy atom. The molecule has 0 aliphatic rings. The van der Waals surface area contributed by atoms with Gasteiger partial charge in [0.25, 0.3) is 0 Å². The van der Waals surface area contributed by atoms with Crippen molar-refractivity contribution < 1.29 is 4.74 Å². The smallest absolute Gasteiger partial charge is 0.202 e. The second kappa shape index (κ2) is 4.49. The molecule has 0 aliphatic carbocycles. The Morgan fingerprint density at radius 2 is 2.31 bits per heavy atom. The van der Waals surface area contributed by atoms with Gasteiger partial charge < -0.3 is 10.5 Å². The van der Waals surface area contributed by atoms with Crippen LogP contribution in [0, 0.1) is 0 Å². The fourth-order valence-electron chi connectivity index (χ4n) is 1.58. The van der Waals surface area contributed by atoms with Crippen molar-refractivity contribution in [1.29, 1.82) is 0 Å². The number of imidazole rings is 1. The molecule has 0 saturated heterocycles. The molecule has 2 N–H and O–H groups in total. The van der Waals surface area contributed by atoms with Gasteiger partial charge in [-0.2, -0.15) is 0 Å². The Labute approximate surface area is 94.2 Å². The van der Waals surface area contributed by atoms with Crippen LogP contribution in [0.2, 0.25) is 0 Å². The van der Waals surface area contributed by atoms with Crippen molar-refractivity contribution in [2.24, 2.45) is 0 Å². The van der Waals surface area contributed by atoms with Crippen molar-refractivity contribution in [3.8, 4) is 0 Å². The van der Waals surface area contributed by atoms with Gasteiger partial charge in [-0.3, -0.25) is 4.57 Å². The maximum Gasteiger partial charge on any atom is 0.202 e. The molecule has 16 heavy (non-hydrogen) atoms. The van der Waals surface area contributed by atoms with Crippen molar-refractivity contribution in [1.82, 2.24) is 14.5 Å². The fraction of sp³-hybridized carbons (Fsp3) is 0.455. The summed E-state index contributed by atoms with van der Waals surface area (Å²) in [4.78, 5) is 8.50. The highest BCUT2D eigenvalue weighted by atomic mass is 16.5. The molecule has 0 atom stereocenters. The van der Waals surface area contributed by atoms with E-state index in [-0.39, 0.29) is 6.10 Å². The van der Waals surface area contributed by atoms with Crippen LogP contribution in [0.15, 0.2) is 18.3 Å². The molecule has 0 amide bonds. The molecule has 0 aliphatic heterocycles. The molecule has 2 aromatic rings. The number of pyridine rings is 1. The third-order valence-electron chi connectivity index (χ3n) is 2.30. The van der Waals surface area contributed by atoms with Gasteiger partial charge >= 0.3 is 0 Å². The van der Waals surface area contributed by atoms with E-state index in [9.17, 15) is 0 Å². The van der Waals surface area contributed by atoms with E-state index in [1.807, 2.05) is 30.5 Å². The highest BCUT2D eigenvalue weighted by molar-refractivity contribution is 5.73. The van der Waals surface area contributed by atoms with Crippen LogP contribution in [-0.4, -0.2) is 27.2 Å². The molecular weight excluding hydrogens is 204 g/mol. The Balaban J connectivity index is 2.19. The van der Waals surface area contributed by atoms with Gasteiger partial charge in [-0.25, -0.2) is 9.97 Å². The molecule has 2 aromatic heterocycles. The van der Waals surface area contributed by atoms with Gasteiger partial charge in [0.15, 0.2) is 5.65 Å². The molecular formula is C11H16N4O. The SMILES string of the molecule is CC(C)OCCn1c(N)nc2cccnc21.